The highest BCUT2D eigenvalue weighted by Gasteiger charge is 2.46. The molecule has 26 heavy (non-hydrogen) atoms. The largest absolute Gasteiger partial charge is 0.377 e. The number of anilines is 1. The van der Waals surface area contributed by atoms with Gasteiger partial charge < -0.3 is 14.4 Å². The molecule has 0 amide bonds. The summed E-state index contributed by atoms with van der Waals surface area (Å²) in [6, 6.07) is 3.93. The normalized spacial score (nSPS) is 25.7. The van der Waals surface area contributed by atoms with E-state index in [2.05, 4.69) is 19.9 Å². The van der Waals surface area contributed by atoms with Gasteiger partial charge in [-0.05, 0) is 37.0 Å². The van der Waals surface area contributed by atoms with Crippen LogP contribution in [0.3, 0.4) is 0 Å². The number of ether oxygens (including phenoxy) is 2. The standard InChI is InChI=1S/C19H23FN4O2/c20-16-10-22-18(23-11-16)24-8-4-17-19(13-24,5-1-9-26-17)14-25-12-15-2-6-21-7-3-15/h2-3,6-7,10-11,17H,1,4-5,8-9,12-14H2/t17-,19+/m1/s1. The number of hydrogen-bond acceptors (Lipinski definition) is 6. The lowest BCUT2D eigenvalue weighted by atomic mass is 9.73. The van der Waals surface area contributed by atoms with Crippen LogP contribution >= 0.6 is 0 Å². The fourth-order valence-corrected chi connectivity index (χ4v) is 3.99. The van der Waals surface area contributed by atoms with Crippen molar-refractivity contribution in [2.24, 2.45) is 5.41 Å². The van der Waals surface area contributed by atoms with Crippen LogP contribution < -0.4 is 4.90 Å². The van der Waals surface area contributed by atoms with E-state index < -0.39 is 5.82 Å². The van der Waals surface area contributed by atoms with Crippen molar-refractivity contribution >= 4 is 5.95 Å². The highest BCUT2D eigenvalue weighted by atomic mass is 19.1. The van der Waals surface area contributed by atoms with Crippen LogP contribution in [-0.4, -0.2) is 47.4 Å². The van der Waals surface area contributed by atoms with E-state index in [0.29, 0.717) is 19.2 Å². The van der Waals surface area contributed by atoms with Gasteiger partial charge in [0.1, 0.15) is 0 Å². The van der Waals surface area contributed by atoms with Crippen LogP contribution in [0.25, 0.3) is 0 Å². The Labute approximate surface area is 152 Å². The number of nitrogens with zero attached hydrogens (tertiary/aromatic N) is 4. The maximum atomic E-state index is 13.1. The first-order chi connectivity index (χ1) is 12.8. The Morgan fingerprint density at radius 1 is 1.27 bits per heavy atom. The molecule has 4 rings (SSSR count). The third-order valence-corrected chi connectivity index (χ3v) is 5.29. The van der Waals surface area contributed by atoms with Crippen molar-refractivity contribution in [1.82, 2.24) is 15.0 Å². The summed E-state index contributed by atoms with van der Waals surface area (Å²) in [6.45, 7) is 3.56. The topological polar surface area (TPSA) is 60.4 Å². The molecule has 2 aromatic rings. The van der Waals surface area contributed by atoms with Gasteiger partial charge >= 0.3 is 0 Å². The van der Waals surface area contributed by atoms with Crippen molar-refractivity contribution in [3.63, 3.8) is 0 Å². The zero-order chi connectivity index (χ0) is 17.8. The summed E-state index contributed by atoms with van der Waals surface area (Å²) in [5.41, 5.74) is 1.03. The van der Waals surface area contributed by atoms with Crippen molar-refractivity contribution in [2.75, 3.05) is 31.2 Å². The molecule has 0 unspecified atom stereocenters. The molecule has 0 N–H and O–H groups in total. The molecule has 0 radical (unpaired) electrons. The smallest absolute Gasteiger partial charge is 0.225 e. The average molecular weight is 358 g/mol. The third kappa shape index (κ3) is 3.68. The summed E-state index contributed by atoms with van der Waals surface area (Å²) in [5, 5.41) is 0. The highest BCUT2D eigenvalue weighted by Crippen LogP contribution is 2.41. The Kier molecular flexibility index (Phi) is 5.08. The zero-order valence-corrected chi connectivity index (χ0v) is 14.7. The monoisotopic (exact) mass is 358 g/mol. The summed E-state index contributed by atoms with van der Waals surface area (Å²) in [6.07, 6.45) is 9.15. The van der Waals surface area contributed by atoms with Crippen molar-refractivity contribution in [3.8, 4) is 0 Å². The van der Waals surface area contributed by atoms with Gasteiger partial charge in [0, 0.05) is 37.5 Å². The number of rotatable bonds is 5. The number of fused-ring (bicyclic) bond motifs is 1. The van der Waals surface area contributed by atoms with Crippen molar-refractivity contribution < 1.29 is 13.9 Å². The molecule has 2 saturated heterocycles. The van der Waals surface area contributed by atoms with Crippen molar-refractivity contribution in [3.05, 3.63) is 48.3 Å². The second-order valence-electron chi connectivity index (χ2n) is 7.09. The average Bonchev–Trinajstić information content (AvgIpc) is 2.69. The Hall–Kier alpha value is -2.12. The maximum Gasteiger partial charge on any atom is 0.225 e. The number of aromatic nitrogens is 3. The quantitative estimate of drug-likeness (QED) is 0.819. The van der Waals surface area contributed by atoms with Gasteiger partial charge in [-0.25, -0.2) is 14.4 Å². The van der Waals surface area contributed by atoms with Gasteiger partial charge in [-0.1, -0.05) is 0 Å². The summed E-state index contributed by atoms with van der Waals surface area (Å²) < 4.78 is 25.3. The molecule has 2 aromatic heterocycles. The molecule has 7 heteroatoms. The SMILES string of the molecule is Fc1cnc(N2CC[C@H]3OCCC[C@@]3(COCc3ccncc3)C2)nc1. The molecule has 2 fully saturated rings. The molecular weight excluding hydrogens is 335 g/mol. The molecule has 2 atom stereocenters. The van der Waals surface area contributed by atoms with E-state index in [1.165, 1.54) is 12.4 Å². The van der Waals surface area contributed by atoms with Crippen LogP contribution in [0.15, 0.2) is 36.9 Å². The predicted octanol–water partition coefficient (Wildman–Crippen LogP) is 2.60. The first-order valence-corrected chi connectivity index (χ1v) is 9.06. The van der Waals surface area contributed by atoms with Gasteiger partial charge in [0.2, 0.25) is 5.95 Å². The highest BCUT2D eigenvalue weighted by molar-refractivity contribution is 5.31. The fraction of sp³-hybridized carbons (Fsp3) is 0.526. The van der Waals surface area contributed by atoms with Gasteiger partial charge in [0.25, 0.3) is 0 Å². The van der Waals surface area contributed by atoms with Gasteiger partial charge in [0.15, 0.2) is 5.82 Å². The summed E-state index contributed by atoms with van der Waals surface area (Å²) in [4.78, 5) is 14.5. The van der Waals surface area contributed by atoms with Gasteiger partial charge in [0.05, 0.1) is 31.7 Å². The van der Waals surface area contributed by atoms with Crippen molar-refractivity contribution in [2.45, 2.75) is 32.0 Å². The van der Waals surface area contributed by atoms with E-state index in [0.717, 1.165) is 44.5 Å². The van der Waals surface area contributed by atoms with E-state index >= 15 is 0 Å². The van der Waals surface area contributed by atoms with Crippen LogP contribution in [-0.2, 0) is 16.1 Å². The minimum absolute atomic E-state index is 0.0821. The number of halogens is 1. The third-order valence-electron chi connectivity index (χ3n) is 5.29. The number of piperidine rings is 1. The Morgan fingerprint density at radius 2 is 2.08 bits per heavy atom. The molecule has 0 spiro atoms. The van der Waals surface area contributed by atoms with E-state index in [1.807, 2.05) is 12.1 Å². The summed E-state index contributed by atoms with van der Waals surface area (Å²) >= 11 is 0. The number of hydrogen-bond donors (Lipinski definition) is 0. The summed E-state index contributed by atoms with van der Waals surface area (Å²) in [7, 11) is 0. The molecule has 138 valence electrons. The molecule has 6 nitrogen and oxygen atoms in total. The Bertz CT molecular complexity index is 715. The van der Waals surface area contributed by atoms with E-state index in [4.69, 9.17) is 9.47 Å². The van der Waals surface area contributed by atoms with E-state index in [1.54, 1.807) is 12.4 Å². The lowest BCUT2D eigenvalue weighted by molar-refractivity contribution is -0.127. The molecule has 2 aliphatic heterocycles. The lowest BCUT2D eigenvalue weighted by Gasteiger charge is -2.50. The van der Waals surface area contributed by atoms with Crippen LogP contribution in [0, 0.1) is 11.2 Å². The summed E-state index contributed by atoms with van der Waals surface area (Å²) in [5.74, 6) is 0.156. The minimum atomic E-state index is -0.417. The minimum Gasteiger partial charge on any atom is -0.377 e. The molecule has 2 aliphatic rings. The van der Waals surface area contributed by atoms with Gasteiger partial charge in [-0.15, -0.1) is 0 Å². The van der Waals surface area contributed by atoms with Crippen LogP contribution in [0.4, 0.5) is 10.3 Å². The molecule has 0 bridgehead atoms. The molecule has 0 aliphatic carbocycles. The van der Waals surface area contributed by atoms with Gasteiger partial charge in [-0.2, -0.15) is 0 Å². The molecule has 0 saturated carbocycles. The molecule has 0 aromatic carbocycles. The lowest BCUT2D eigenvalue weighted by Crippen LogP contribution is -2.57. The van der Waals surface area contributed by atoms with Gasteiger partial charge in [-0.3, -0.25) is 4.98 Å². The second kappa shape index (κ2) is 7.63. The fourth-order valence-electron chi connectivity index (χ4n) is 3.99. The first kappa shape index (κ1) is 17.3. The van der Waals surface area contributed by atoms with Crippen molar-refractivity contribution in [1.29, 1.82) is 0 Å². The van der Waals surface area contributed by atoms with Crippen LogP contribution in [0.1, 0.15) is 24.8 Å². The second-order valence-corrected chi connectivity index (χ2v) is 7.09. The predicted molar refractivity (Wildman–Crippen MR) is 94.1 cm³/mol. The maximum absolute atomic E-state index is 13.1. The Balaban J connectivity index is 1.46. The van der Waals surface area contributed by atoms with Crippen LogP contribution in [0.2, 0.25) is 0 Å². The van der Waals surface area contributed by atoms with Crippen LogP contribution in [0.5, 0.6) is 0 Å². The molecule has 4 heterocycles. The van der Waals surface area contributed by atoms with E-state index in [9.17, 15) is 4.39 Å². The van der Waals surface area contributed by atoms with E-state index in [-0.39, 0.29) is 11.5 Å². The first-order valence-electron chi connectivity index (χ1n) is 9.06. The zero-order valence-electron chi connectivity index (χ0n) is 14.7. The Morgan fingerprint density at radius 3 is 2.88 bits per heavy atom. The molecular formula is C19H23FN4O2. The number of pyridine rings is 1.